The van der Waals surface area contributed by atoms with Gasteiger partial charge >= 0.3 is 0 Å². The Balaban J connectivity index is 2.05. The van der Waals surface area contributed by atoms with Crippen molar-refractivity contribution in [3.8, 4) is 5.75 Å². The van der Waals surface area contributed by atoms with E-state index in [9.17, 15) is 0 Å². The van der Waals surface area contributed by atoms with Crippen molar-refractivity contribution in [2.45, 2.75) is 6.42 Å². The number of halogens is 1. The van der Waals surface area contributed by atoms with Gasteiger partial charge in [0, 0.05) is 32.7 Å². The summed E-state index contributed by atoms with van der Waals surface area (Å²) in [5.41, 5.74) is 0. The number of nitrogens with zero attached hydrogens (tertiary/aromatic N) is 1. The van der Waals surface area contributed by atoms with Crippen molar-refractivity contribution < 1.29 is 14.2 Å². The fraction of sp³-hybridized carbons (Fsp3) is 0.545. The van der Waals surface area contributed by atoms with E-state index in [0.29, 0.717) is 19.8 Å². The number of methoxy groups -OCH3 is 1. The molecule has 0 bridgehead atoms. The number of ether oxygens (including phenoxy) is 3. The Morgan fingerprint density at radius 1 is 1.25 bits per heavy atom. The second-order valence-electron chi connectivity index (χ2n) is 3.11. The second kappa shape index (κ2) is 8.50. The molecule has 0 aliphatic heterocycles. The van der Waals surface area contributed by atoms with Crippen LogP contribution in [0.4, 0.5) is 0 Å². The Hall–Kier alpha value is -0.650. The van der Waals surface area contributed by atoms with Gasteiger partial charge in [-0.1, -0.05) is 0 Å². The van der Waals surface area contributed by atoms with E-state index >= 15 is 0 Å². The highest BCUT2D eigenvalue weighted by Gasteiger charge is 1.99. The average Bonchev–Trinajstić information content (AvgIpc) is 2.30. The highest BCUT2D eigenvalue weighted by atomic mass is 79.9. The fourth-order valence-electron chi connectivity index (χ4n) is 1.10. The second-order valence-corrected chi connectivity index (χ2v) is 3.97. The molecule has 0 unspecified atom stereocenters. The van der Waals surface area contributed by atoms with Crippen molar-refractivity contribution in [3.05, 3.63) is 22.9 Å². The smallest absolute Gasteiger partial charge is 0.136 e. The van der Waals surface area contributed by atoms with Crippen molar-refractivity contribution in [2.24, 2.45) is 0 Å². The molecule has 1 aromatic rings. The molecule has 0 aliphatic rings. The van der Waals surface area contributed by atoms with Crippen molar-refractivity contribution in [1.29, 1.82) is 0 Å². The Labute approximate surface area is 104 Å². The maximum Gasteiger partial charge on any atom is 0.136 e. The molecule has 5 heteroatoms. The van der Waals surface area contributed by atoms with Gasteiger partial charge in [-0.25, -0.2) is 0 Å². The summed E-state index contributed by atoms with van der Waals surface area (Å²) in [5.74, 6) is 0.787. The highest BCUT2D eigenvalue weighted by molar-refractivity contribution is 9.10. The molecule has 1 rings (SSSR count). The lowest BCUT2D eigenvalue weighted by molar-refractivity contribution is 0.0804. The van der Waals surface area contributed by atoms with Gasteiger partial charge < -0.3 is 14.2 Å². The third-order valence-electron chi connectivity index (χ3n) is 1.86. The Morgan fingerprint density at radius 2 is 2.12 bits per heavy atom. The van der Waals surface area contributed by atoms with Crippen LogP contribution in [0.15, 0.2) is 22.9 Å². The van der Waals surface area contributed by atoms with Crippen molar-refractivity contribution in [2.75, 3.05) is 33.5 Å². The molecule has 0 N–H and O–H groups in total. The zero-order chi connectivity index (χ0) is 11.6. The SMILES string of the molecule is COCCCOCCOc1ccncc1Br. The van der Waals surface area contributed by atoms with Gasteiger partial charge in [0.05, 0.1) is 11.1 Å². The molecule has 0 atom stereocenters. The number of aromatic nitrogens is 1. The molecular formula is C11H16BrNO3. The third-order valence-corrected chi connectivity index (χ3v) is 2.45. The van der Waals surface area contributed by atoms with E-state index in [2.05, 4.69) is 20.9 Å². The summed E-state index contributed by atoms with van der Waals surface area (Å²) in [7, 11) is 1.68. The molecule has 0 radical (unpaired) electrons. The van der Waals surface area contributed by atoms with Crippen molar-refractivity contribution >= 4 is 15.9 Å². The summed E-state index contributed by atoms with van der Waals surface area (Å²) in [6.45, 7) is 2.56. The standard InChI is InChI=1S/C11H16BrNO3/c1-14-5-2-6-15-7-8-16-11-3-4-13-9-10(11)12/h3-4,9H,2,5-8H2,1H3. The first kappa shape index (κ1) is 13.4. The van der Waals surface area contributed by atoms with Gasteiger partial charge in [0.1, 0.15) is 12.4 Å². The molecule has 0 aliphatic carbocycles. The molecule has 0 fully saturated rings. The van der Waals surface area contributed by atoms with E-state index in [4.69, 9.17) is 14.2 Å². The van der Waals surface area contributed by atoms with Gasteiger partial charge in [-0.05, 0) is 28.4 Å². The average molecular weight is 290 g/mol. The molecule has 0 amide bonds. The molecule has 4 nitrogen and oxygen atoms in total. The molecule has 0 saturated heterocycles. The number of pyridine rings is 1. The van der Waals surface area contributed by atoms with Crippen molar-refractivity contribution in [3.63, 3.8) is 0 Å². The first-order chi connectivity index (χ1) is 7.84. The normalized spacial score (nSPS) is 10.4. The quantitative estimate of drug-likeness (QED) is 0.689. The molecule has 0 saturated carbocycles. The topological polar surface area (TPSA) is 40.6 Å². The number of hydrogen-bond donors (Lipinski definition) is 0. The van der Waals surface area contributed by atoms with E-state index in [0.717, 1.165) is 23.2 Å². The zero-order valence-corrected chi connectivity index (χ0v) is 10.9. The summed E-state index contributed by atoms with van der Waals surface area (Å²) in [6.07, 6.45) is 4.31. The van der Waals surface area contributed by atoms with E-state index < -0.39 is 0 Å². The van der Waals surface area contributed by atoms with Crippen LogP contribution >= 0.6 is 15.9 Å². The molecule has 1 heterocycles. The molecule has 0 aromatic carbocycles. The summed E-state index contributed by atoms with van der Waals surface area (Å²) in [4.78, 5) is 3.95. The van der Waals surface area contributed by atoms with Gasteiger partial charge in [-0.2, -0.15) is 0 Å². The van der Waals surface area contributed by atoms with Crippen LogP contribution in [0, 0.1) is 0 Å². The first-order valence-corrected chi connectivity index (χ1v) is 5.93. The summed E-state index contributed by atoms with van der Waals surface area (Å²) < 4.78 is 16.6. The first-order valence-electron chi connectivity index (χ1n) is 5.13. The van der Waals surface area contributed by atoms with Gasteiger partial charge in [-0.3, -0.25) is 4.98 Å². The van der Waals surface area contributed by atoms with Crippen LogP contribution in [-0.4, -0.2) is 38.5 Å². The summed E-state index contributed by atoms with van der Waals surface area (Å²) in [6, 6.07) is 1.81. The van der Waals surface area contributed by atoms with Crippen LogP contribution in [0.1, 0.15) is 6.42 Å². The van der Waals surface area contributed by atoms with Crippen molar-refractivity contribution in [1.82, 2.24) is 4.98 Å². The largest absolute Gasteiger partial charge is 0.490 e. The lowest BCUT2D eigenvalue weighted by Crippen LogP contribution is -2.08. The van der Waals surface area contributed by atoms with E-state index in [1.165, 1.54) is 0 Å². The maximum absolute atomic E-state index is 5.50. The third kappa shape index (κ3) is 5.44. The number of rotatable bonds is 8. The Bertz CT molecular complexity index is 296. The van der Waals surface area contributed by atoms with Crippen LogP contribution in [-0.2, 0) is 9.47 Å². The highest BCUT2D eigenvalue weighted by Crippen LogP contribution is 2.22. The maximum atomic E-state index is 5.50. The molecule has 90 valence electrons. The van der Waals surface area contributed by atoms with Gasteiger partial charge in [0.25, 0.3) is 0 Å². The van der Waals surface area contributed by atoms with Crippen LogP contribution in [0.2, 0.25) is 0 Å². The van der Waals surface area contributed by atoms with Crippen LogP contribution in [0.3, 0.4) is 0 Å². The van der Waals surface area contributed by atoms with Crippen LogP contribution < -0.4 is 4.74 Å². The van der Waals surface area contributed by atoms with Crippen LogP contribution in [0.5, 0.6) is 5.75 Å². The van der Waals surface area contributed by atoms with Crippen LogP contribution in [0.25, 0.3) is 0 Å². The van der Waals surface area contributed by atoms with E-state index in [1.807, 2.05) is 6.07 Å². The summed E-state index contributed by atoms with van der Waals surface area (Å²) in [5, 5.41) is 0. The Morgan fingerprint density at radius 3 is 2.88 bits per heavy atom. The lowest BCUT2D eigenvalue weighted by Gasteiger charge is -2.08. The lowest BCUT2D eigenvalue weighted by atomic mass is 10.4. The fourth-order valence-corrected chi connectivity index (χ4v) is 1.46. The molecule has 0 spiro atoms. The minimum atomic E-state index is 0.537. The minimum Gasteiger partial charge on any atom is -0.490 e. The van der Waals surface area contributed by atoms with E-state index in [-0.39, 0.29) is 0 Å². The van der Waals surface area contributed by atoms with Gasteiger partial charge in [0.15, 0.2) is 0 Å². The van der Waals surface area contributed by atoms with Gasteiger partial charge in [0.2, 0.25) is 0 Å². The zero-order valence-electron chi connectivity index (χ0n) is 9.32. The predicted molar refractivity (Wildman–Crippen MR) is 64.7 cm³/mol. The number of hydrogen-bond acceptors (Lipinski definition) is 4. The Kier molecular flexibility index (Phi) is 7.12. The summed E-state index contributed by atoms with van der Waals surface area (Å²) >= 11 is 3.35. The molecule has 1 aromatic heterocycles. The predicted octanol–water partition coefficient (Wildman–Crippen LogP) is 2.28. The molecule has 16 heavy (non-hydrogen) atoms. The van der Waals surface area contributed by atoms with E-state index in [1.54, 1.807) is 19.5 Å². The minimum absolute atomic E-state index is 0.537. The van der Waals surface area contributed by atoms with Gasteiger partial charge in [-0.15, -0.1) is 0 Å². The monoisotopic (exact) mass is 289 g/mol. The molecular weight excluding hydrogens is 274 g/mol.